The van der Waals surface area contributed by atoms with Crippen molar-refractivity contribution >= 4 is 53.3 Å². The van der Waals surface area contributed by atoms with Crippen LogP contribution < -0.4 is 0 Å². The first kappa shape index (κ1) is 16.4. The molecule has 0 aliphatic carbocycles. The highest BCUT2D eigenvalue weighted by Crippen LogP contribution is 2.38. The summed E-state index contributed by atoms with van der Waals surface area (Å²) in [7, 11) is 2.04. The van der Waals surface area contributed by atoms with Crippen molar-refractivity contribution in [3.05, 3.63) is 84.4 Å². The maximum atomic E-state index is 9.52. The molecule has 0 bridgehead atoms. The summed E-state index contributed by atoms with van der Waals surface area (Å²) in [5.74, 6) is 0. The normalized spacial score (nSPS) is 11.6. The molecule has 4 aromatic carbocycles. The second kappa shape index (κ2) is 5.94. The van der Waals surface area contributed by atoms with Gasteiger partial charge < -0.3 is 4.57 Å². The van der Waals surface area contributed by atoms with E-state index in [1.54, 1.807) is 0 Å². The van der Waals surface area contributed by atoms with Crippen LogP contribution in [0, 0.1) is 11.3 Å². The molecule has 136 valence electrons. The van der Waals surface area contributed by atoms with E-state index in [1.165, 1.54) is 36.7 Å². The van der Waals surface area contributed by atoms with Gasteiger partial charge in [-0.1, -0.05) is 42.5 Å². The zero-order chi connectivity index (χ0) is 19.5. The summed E-state index contributed by atoms with van der Waals surface area (Å²) >= 11 is 1.84. The molecule has 6 rings (SSSR count). The standard InChI is InChI=1S/C26H16N2S/c1-28-23-11-9-16(13-21(23)20-7-4-5-18(15-27)26(20)28)17-10-12-25-22(14-17)19-6-2-3-8-24(19)29-25/h2-14H,1H3. The fourth-order valence-electron chi connectivity index (χ4n) is 4.46. The van der Waals surface area contributed by atoms with Gasteiger partial charge in [0.1, 0.15) is 6.07 Å². The Labute approximate surface area is 171 Å². The predicted molar refractivity (Wildman–Crippen MR) is 123 cm³/mol. The maximum Gasteiger partial charge on any atom is 0.101 e. The van der Waals surface area contributed by atoms with Gasteiger partial charge in [0.25, 0.3) is 0 Å². The average Bonchev–Trinajstić information content (AvgIpc) is 3.28. The molecule has 6 aromatic rings. The molecule has 0 aliphatic heterocycles. The third kappa shape index (κ3) is 2.27. The lowest BCUT2D eigenvalue weighted by Gasteiger charge is -2.04. The van der Waals surface area contributed by atoms with Gasteiger partial charge in [-0.25, -0.2) is 0 Å². The van der Waals surface area contributed by atoms with Gasteiger partial charge in [0, 0.05) is 43.5 Å². The largest absolute Gasteiger partial charge is 0.343 e. The molecule has 0 aliphatic rings. The van der Waals surface area contributed by atoms with Crippen molar-refractivity contribution in [2.45, 2.75) is 0 Å². The fraction of sp³-hybridized carbons (Fsp3) is 0.0385. The van der Waals surface area contributed by atoms with E-state index in [9.17, 15) is 5.26 Å². The van der Waals surface area contributed by atoms with E-state index in [2.05, 4.69) is 77.4 Å². The second-order valence-corrected chi connectivity index (χ2v) is 8.50. The second-order valence-electron chi connectivity index (χ2n) is 7.41. The van der Waals surface area contributed by atoms with Crippen LogP contribution in [-0.4, -0.2) is 4.57 Å². The summed E-state index contributed by atoms with van der Waals surface area (Å²) in [6.45, 7) is 0. The van der Waals surface area contributed by atoms with Crippen molar-refractivity contribution in [2.75, 3.05) is 0 Å². The summed E-state index contributed by atoms with van der Waals surface area (Å²) < 4.78 is 4.77. The Bertz CT molecular complexity index is 1630. The molecule has 0 fully saturated rings. The van der Waals surface area contributed by atoms with Crippen molar-refractivity contribution in [3.8, 4) is 17.2 Å². The van der Waals surface area contributed by atoms with Crippen LogP contribution in [0.2, 0.25) is 0 Å². The van der Waals surface area contributed by atoms with Crippen LogP contribution in [0.1, 0.15) is 5.56 Å². The van der Waals surface area contributed by atoms with Gasteiger partial charge >= 0.3 is 0 Å². The fourth-order valence-corrected chi connectivity index (χ4v) is 5.55. The van der Waals surface area contributed by atoms with E-state index in [0.717, 1.165) is 16.4 Å². The summed E-state index contributed by atoms with van der Waals surface area (Å²) in [4.78, 5) is 0. The van der Waals surface area contributed by atoms with Crippen LogP contribution in [0.25, 0.3) is 53.1 Å². The van der Waals surface area contributed by atoms with E-state index >= 15 is 0 Å². The summed E-state index contributed by atoms with van der Waals surface area (Å²) in [6, 6.07) is 30.3. The highest BCUT2D eigenvalue weighted by atomic mass is 32.1. The van der Waals surface area contributed by atoms with E-state index in [4.69, 9.17) is 0 Å². The lowest BCUT2D eigenvalue weighted by atomic mass is 10.0. The Balaban J connectivity index is 1.63. The van der Waals surface area contributed by atoms with Gasteiger partial charge in [-0.15, -0.1) is 11.3 Å². The number of nitriles is 1. The lowest BCUT2D eigenvalue weighted by Crippen LogP contribution is -1.89. The summed E-state index contributed by atoms with van der Waals surface area (Å²) in [6.07, 6.45) is 0. The molecule has 0 unspecified atom stereocenters. The minimum absolute atomic E-state index is 0.717. The molecular weight excluding hydrogens is 372 g/mol. The summed E-state index contributed by atoms with van der Waals surface area (Å²) in [5, 5.41) is 14.5. The Morgan fingerprint density at radius 1 is 0.724 bits per heavy atom. The quantitative estimate of drug-likeness (QED) is 0.292. The number of nitrogens with zero attached hydrogens (tertiary/aromatic N) is 2. The molecule has 2 heterocycles. The number of thiophene rings is 1. The zero-order valence-corrected chi connectivity index (χ0v) is 16.6. The number of rotatable bonds is 1. The molecule has 0 N–H and O–H groups in total. The zero-order valence-electron chi connectivity index (χ0n) is 15.8. The molecule has 3 heteroatoms. The highest BCUT2D eigenvalue weighted by molar-refractivity contribution is 7.25. The smallest absolute Gasteiger partial charge is 0.101 e. The first-order chi connectivity index (χ1) is 14.2. The minimum Gasteiger partial charge on any atom is -0.343 e. The Hall–Kier alpha value is -3.61. The van der Waals surface area contributed by atoms with Crippen molar-refractivity contribution in [2.24, 2.45) is 7.05 Å². The van der Waals surface area contributed by atoms with Crippen LogP contribution in [-0.2, 0) is 7.05 Å². The van der Waals surface area contributed by atoms with Crippen LogP contribution >= 0.6 is 11.3 Å². The monoisotopic (exact) mass is 388 g/mol. The highest BCUT2D eigenvalue weighted by Gasteiger charge is 2.13. The van der Waals surface area contributed by atoms with E-state index in [0.29, 0.717) is 5.56 Å². The van der Waals surface area contributed by atoms with Gasteiger partial charge in [-0.05, 0) is 47.5 Å². The van der Waals surface area contributed by atoms with Gasteiger partial charge in [-0.2, -0.15) is 5.26 Å². The van der Waals surface area contributed by atoms with Crippen molar-refractivity contribution in [1.29, 1.82) is 5.26 Å². The number of hydrogen-bond donors (Lipinski definition) is 0. The predicted octanol–water partition coefficient (Wildman–Crippen LogP) is 7.24. The molecule has 0 amide bonds. The molecule has 0 radical (unpaired) electrons. The maximum absolute atomic E-state index is 9.52. The van der Waals surface area contributed by atoms with E-state index in [1.807, 2.05) is 30.5 Å². The van der Waals surface area contributed by atoms with Crippen LogP contribution in [0.15, 0.2) is 78.9 Å². The molecule has 0 spiro atoms. The lowest BCUT2D eigenvalue weighted by molar-refractivity contribution is 1.01. The Morgan fingerprint density at radius 2 is 1.45 bits per heavy atom. The number of hydrogen-bond acceptors (Lipinski definition) is 2. The molecule has 0 atom stereocenters. The molecule has 2 nitrogen and oxygen atoms in total. The van der Waals surface area contributed by atoms with Crippen LogP contribution in [0.3, 0.4) is 0 Å². The topological polar surface area (TPSA) is 28.7 Å². The van der Waals surface area contributed by atoms with Gasteiger partial charge in [0.2, 0.25) is 0 Å². The van der Waals surface area contributed by atoms with Gasteiger partial charge in [-0.3, -0.25) is 0 Å². The number of aromatic nitrogens is 1. The van der Waals surface area contributed by atoms with Crippen LogP contribution in [0.4, 0.5) is 0 Å². The van der Waals surface area contributed by atoms with Crippen molar-refractivity contribution in [1.82, 2.24) is 4.57 Å². The third-order valence-electron chi connectivity index (χ3n) is 5.85. The average molecular weight is 388 g/mol. The minimum atomic E-state index is 0.717. The molecular formula is C26H16N2S. The van der Waals surface area contributed by atoms with Gasteiger partial charge in [0.15, 0.2) is 0 Å². The first-order valence-corrected chi connectivity index (χ1v) is 10.4. The Kier molecular flexibility index (Phi) is 3.35. The summed E-state index contributed by atoms with van der Waals surface area (Å²) in [5.41, 5.74) is 5.28. The molecule has 29 heavy (non-hydrogen) atoms. The van der Waals surface area contributed by atoms with Crippen molar-refractivity contribution < 1.29 is 0 Å². The number of fused-ring (bicyclic) bond motifs is 6. The van der Waals surface area contributed by atoms with Crippen LogP contribution in [0.5, 0.6) is 0 Å². The number of benzene rings is 4. The van der Waals surface area contributed by atoms with Crippen molar-refractivity contribution in [3.63, 3.8) is 0 Å². The SMILES string of the molecule is Cn1c2ccc(-c3ccc4sc5ccccc5c4c3)cc2c2cccc(C#N)c21. The first-order valence-electron chi connectivity index (χ1n) is 9.57. The van der Waals surface area contributed by atoms with E-state index < -0.39 is 0 Å². The third-order valence-corrected chi connectivity index (χ3v) is 7.00. The Morgan fingerprint density at radius 3 is 2.31 bits per heavy atom. The molecule has 0 saturated carbocycles. The van der Waals surface area contributed by atoms with E-state index in [-0.39, 0.29) is 0 Å². The number of para-hydroxylation sites is 1. The molecule has 2 aromatic heterocycles. The number of aryl methyl sites for hydroxylation is 1. The molecule has 0 saturated heterocycles. The van der Waals surface area contributed by atoms with Gasteiger partial charge in [0.05, 0.1) is 11.1 Å².